The Morgan fingerprint density at radius 2 is 1.73 bits per heavy atom. The minimum atomic E-state index is -4.46. The van der Waals surface area contributed by atoms with E-state index >= 15 is 0 Å². The van der Waals surface area contributed by atoms with E-state index in [1.807, 2.05) is 59.9 Å². The highest BCUT2D eigenvalue weighted by Gasteiger charge is 2.62. The van der Waals surface area contributed by atoms with Crippen LogP contribution in [0.25, 0.3) is 22.3 Å². The van der Waals surface area contributed by atoms with Crippen LogP contribution in [0.15, 0.2) is 29.6 Å². The third-order valence-corrected chi connectivity index (χ3v) is 14.0. The second kappa shape index (κ2) is 18.3. The van der Waals surface area contributed by atoms with Gasteiger partial charge in [0, 0.05) is 41.8 Å². The van der Waals surface area contributed by atoms with E-state index < -0.39 is 74.0 Å². The Labute approximate surface area is 376 Å². The van der Waals surface area contributed by atoms with Gasteiger partial charge in [-0.15, -0.1) is 11.3 Å². The van der Waals surface area contributed by atoms with Crippen LogP contribution in [0.2, 0.25) is 0 Å². The van der Waals surface area contributed by atoms with E-state index in [1.54, 1.807) is 46.1 Å². The predicted octanol–water partition coefficient (Wildman–Crippen LogP) is 8.02. The Hall–Kier alpha value is -4.35. The number of Topliss-reactive ketones (excluding diaryl/α,β-unsaturated/α-hetero) is 1. The van der Waals surface area contributed by atoms with Crippen molar-refractivity contribution < 1.29 is 46.0 Å². The van der Waals surface area contributed by atoms with Gasteiger partial charge < -0.3 is 24.4 Å². The largest absolute Gasteiger partial charge is 0.497 e. The molecule has 1 aliphatic heterocycles. The van der Waals surface area contributed by atoms with Gasteiger partial charge in [-0.25, -0.2) is 18.9 Å². The number of esters is 1. The summed E-state index contributed by atoms with van der Waals surface area (Å²) in [5.41, 5.74) is -1.83. The summed E-state index contributed by atoms with van der Waals surface area (Å²) in [6, 6.07) is 6.37. The number of rotatable bonds is 19. The molecule has 0 spiro atoms. The highest BCUT2D eigenvalue weighted by atomic mass is 32.2. The average molecular weight is 912 g/mol. The first kappa shape index (κ1) is 48.1. The van der Waals surface area contributed by atoms with Gasteiger partial charge in [0.25, 0.3) is 0 Å². The molecule has 0 unspecified atom stereocenters. The number of likely N-dealkylation sites (tertiary alicyclic amines) is 1. The van der Waals surface area contributed by atoms with Crippen LogP contribution in [0, 0.1) is 22.7 Å². The van der Waals surface area contributed by atoms with Gasteiger partial charge in [0.1, 0.15) is 28.9 Å². The molecule has 2 N–H and O–H groups in total. The second-order valence-corrected chi connectivity index (χ2v) is 22.1. The first-order valence-corrected chi connectivity index (χ1v) is 24.4. The molecule has 0 bridgehead atoms. The standard InChI is InChI=1S/C46H65N5O10S2/c1-12-16-45(17-18-45)61-63(56,57)50-41(55)46(23-28(46)13-2)24-37(52)36-20-30(25-51(36)40(54)32(43(5,6)7)21-39(53)60-44(8,9)10)59-38-22-34(35-26-62-42(49-35)47-27(3)4)48-33-19-29(58-11)14-15-31(33)38/h14-15,19,22,26-28,30,32,36H,12-13,16-18,20-21,23-25H2,1-11H3,(H,47,49)(H,50,55)/t28-,30-,32-,36+,46-/m1/s1. The maximum atomic E-state index is 14.9. The fraction of sp³-hybridized carbons (Fsp3) is 0.652. The van der Waals surface area contributed by atoms with Gasteiger partial charge in [-0.1, -0.05) is 47.5 Å². The van der Waals surface area contributed by atoms with Gasteiger partial charge in [0.2, 0.25) is 11.8 Å². The number of anilines is 1. The highest BCUT2D eigenvalue weighted by molar-refractivity contribution is 7.85. The van der Waals surface area contributed by atoms with Gasteiger partial charge in [-0.3, -0.25) is 19.2 Å². The van der Waals surface area contributed by atoms with E-state index in [0.29, 0.717) is 65.9 Å². The Morgan fingerprint density at radius 1 is 1.02 bits per heavy atom. The fourth-order valence-electron chi connectivity index (χ4n) is 8.72. The maximum absolute atomic E-state index is 14.9. The third-order valence-electron chi connectivity index (χ3n) is 12.2. The number of methoxy groups -OCH3 is 1. The van der Waals surface area contributed by atoms with Crippen molar-refractivity contribution >= 4 is 61.2 Å². The zero-order chi connectivity index (χ0) is 46.3. The quantitative estimate of drug-likeness (QED) is 0.110. The van der Waals surface area contributed by atoms with E-state index in [4.69, 9.17) is 28.4 Å². The molecule has 3 heterocycles. The zero-order valence-electron chi connectivity index (χ0n) is 38.6. The molecule has 17 heteroatoms. The average Bonchev–Trinajstić information content (AvgIpc) is 3.97. The number of hydrogen-bond donors (Lipinski definition) is 2. The van der Waals surface area contributed by atoms with E-state index in [0.717, 1.165) is 11.6 Å². The summed E-state index contributed by atoms with van der Waals surface area (Å²) in [7, 11) is -2.88. The molecule has 0 radical (unpaired) electrons. The number of benzene rings is 1. The molecule has 1 aromatic carbocycles. The summed E-state index contributed by atoms with van der Waals surface area (Å²) in [6.45, 7) is 18.8. The van der Waals surface area contributed by atoms with Crippen molar-refractivity contribution in [1.29, 1.82) is 0 Å². The number of nitrogens with one attached hydrogen (secondary N) is 2. The zero-order valence-corrected chi connectivity index (χ0v) is 40.2. The number of nitrogens with zero attached hydrogens (tertiary/aromatic N) is 3. The summed E-state index contributed by atoms with van der Waals surface area (Å²) < 4.78 is 52.1. The monoisotopic (exact) mass is 911 g/mol. The number of thiazole rings is 1. The summed E-state index contributed by atoms with van der Waals surface area (Å²) in [5.74, 6) is -2.21. The van der Waals surface area contributed by atoms with Crippen LogP contribution < -0.4 is 19.5 Å². The molecule has 346 valence electrons. The van der Waals surface area contributed by atoms with Crippen molar-refractivity contribution in [3.05, 3.63) is 29.6 Å². The van der Waals surface area contributed by atoms with Gasteiger partial charge in [-0.05, 0) is 83.8 Å². The first-order valence-electron chi connectivity index (χ1n) is 22.1. The SMILES string of the molecule is CCCC1(OS(=O)(=O)NC(=O)[C@@]2(CC(=O)[C@@H]3C[C@@H](Oc4cc(-c5csc(NC(C)C)n5)nc5cc(OC)ccc45)CN3C(=O)[C@@H](CC(=O)OC(C)(C)C)C(C)(C)C)C[C@H]2CC)CC1. The van der Waals surface area contributed by atoms with E-state index in [1.165, 1.54) is 16.2 Å². The molecular formula is C46H65N5O10S2. The predicted molar refractivity (Wildman–Crippen MR) is 242 cm³/mol. The summed E-state index contributed by atoms with van der Waals surface area (Å²) in [6.07, 6.45) is 2.16. The lowest BCUT2D eigenvalue weighted by atomic mass is 9.77. The van der Waals surface area contributed by atoms with E-state index in [-0.39, 0.29) is 37.8 Å². The molecule has 63 heavy (non-hydrogen) atoms. The van der Waals surface area contributed by atoms with Gasteiger partial charge in [-0.2, -0.15) is 8.42 Å². The number of ketones is 1. The van der Waals surface area contributed by atoms with Crippen molar-refractivity contribution in [2.45, 2.75) is 156 Å². The van der Waals surface area contributed by atoms with Crippen LogP contribution in [0.5, 0.6) is 11.5 Å². The number of carbonyl (C=O) groups excluding carboxylic acids is 4. The lowest BCUT2D eigenvalue weighted by Crippen LogP contribution is -2.49. The number of fused-ring (bicyclic) bond motifs is 1. The summed E-state index contributed by atoms with van der Waals surface area (Å²) in [4.78, 5) is 68.2. The van der Waals surface area contributed by atoms with Crippen LogP contribution in [-0.2, 0) is 38.4 Å². The minimum absolute atomic E-state index is 0.00271. The molecule has 6 rings (SSSR count). The second-order valence-electron chi connectivity index (χ2n) is 19.9. The molecule has 3 aliphatic rings. The number of aromatic nitrogens is 2. The van der Waals surface area contributed by atoms with Crippen LogP contribution >= 0.6 is 11.3 Å². The van der Waals surface area contributed by atoms with Crippen molar-refractivity contribution in [2.75, 3.05) is 19.0 Å². The topological polar surface area (TPSA) is 192 Å². The normalized spacial score (nSPS) is 22.4. The Bertz CT molecular complexity index is 2310. The highest BCUT2D eigenvalue weighted by Crippen LogP contribution is 2.58. The van der Waals surface area contributed by atoms with Crippen molar-refractivity contribution in [3.8, 4) is 22.9 Å². The van der Waals surface area contributed by atoms with E-state index in [9.17, 15) is 27.6 Å². The van der Waals surface area contributed by atoms with E-state index in [2.05, 4.69) is 10.0 Å². The number of hydrogen-bond acceptors (Lipinski definition) is 14. The molecule has 5 atom stereocenters. The molecule has 2 amide bonds. The first-order chi connectivity index (χ1) is 29.4. The van der Waals surface area contributed by atoms with Crippen molar-refractivity contribution in [2.24, 2.45) is 22.7 Å². The molecule has 2 saturated carbocycles. The Kier molecular flexibility index (Phi) is 13.9. The minimum Gasteiger partial charge on any atom is -0.497 e. The number of pyridine rings is 1. The lowest BCUT2D eigenvalue weighted by Gasteiger charge is -2.35. The maximum Gasteiger partial charge on any atom is 0.362 e. The van der Waals surface area contributed by atoms with Crippen LogP contribution in [0.4, 0.5) is 5.13 Å². The summed E-state index contributed by atoms with van der Waals surface area (Å²) in [5, 5.41) is 6.65. The number of carbonyl (C=O) groups is 4. The van der Waals surface area contributed by atoms with Crippen molar-refractivity contribution in [3.63, 3.8) is 0 Å². The van der Waals surface area contributed by atoms with Crippen LogP contribution in [-0.4, -0.2) is 89.9 Å². The summed E-state index contributed by atoms with van der Waals surface area (Å²) >= 11 is 1.45. The van der Waals surface area contributed by atoms with Crippen molar-refractivity contribution in [1.82, 2.24) is 19.6 Å². The van der Waals surface area contributed by atoms with Gasteiger partial charge in [0.05, 0.1) is 54.3 Å². The number of amides is 2. The molecule has 3 aromatic rings. The molecular weight excluding hydrogens is 847 g/mol. The number of ether oxygens (including phenoxy) is 3. The Balaban J connectivity index is 1.33. The van der Waals surface area contributed by atoms with Gasteiger partial charge >= 0.3 is 16.3 Å². The molecule has 1 saturated heterocycles. The van der Waals surface area contributed by atoms with Gasteiger partial charge in [0.15, 0.2) is 10.9 Å². The Morgan fingerprint density at radius 3 is 2.32 bits per heavy atom. The molecule has 3 fully saturated rings. The van der Waals surface area contributed by atoms with Crippen LogP contribution in [0.1, 0.15) is 127 Å². The molecule has 2 aliphatic carbocycles. The fourth-order valence-corrected chi connectivity index (χ4v) is 10.8. The molecule has 2 aromatic heterocycles. The van der Waals surface area contributed by atoms with Crippen LogP contribution in [0.3, 0.4) is 0 Å². The lowest BCUT2D eigenvalue weighted by molar-refractivity contribution is -0.161. The third kappa shape index (κ3) is 11.5. The molecule has 15 nitrogen and oxygen atoms in total. The smallest absolute Gasteiger partial charge is 0.362 e.